The van der Waals surface area contributed by atoms with Gasteiger partial charge < -0.3 is 4.42 Å². The SMILES string of the molecule is CCCCc1cccc(CCCC)c1Cc1coc2ccc(C)cc12. The highest BCUT2D eigenvalue weighted by Gasteiger charge is 2.13. The first-order valence-corrected chi connectivity index (χ1v) is 9.79. The van der Waals surface area contributed by atoms with Gasteiger partial charge in [-0.2, -0.15) is 0 Å². The molecule has 0 aliphatic heterocycles. The molecule has 0 bridgehead atoms. The number of furan rings is 1. The van der Waals surface area contributed by atoms with E-state index in [-0.39, 0.29) is 0 Å². The van der Waals surface area contributed by atoms with Gasteiger partial charge in [0, 0.05) is 17.4 Å². The Hall–Kier alpha value is -2.02. The molecule has 0 spiro atoms. The van der Waals surface area contributed by atoms with Crippen molar-refractivity contribution in [3.63, 3.8) is 0 Å². The van der Waals surface area contributed by atoms with E-state index in [0.29, 0.717) is 0 Å². The van der Waals surface area contributed by atoms with E-state index in [9.17, 15) is 0 Å². The summed E-state index contributed by atoms with van der Waals surface area (Å²) in [5.74, 6) is 0. The first-order chi connectivity index (χ1) is 12.2. The van der Waals surface area contributed by atoms with Crippen molar-refractivity contribution in [1.29, 1.82) is 0 Å². The summed E-state index contributed by atoms with van der Waals surface area (Å²) >= 11 is 0. The van der Waals surface area contributed by atoms with Crippen molar-refractivity contribution in [2.24, 2.45) is 0 Å². The van der Waals surface area contributed by atoms with Crippen LogP contribution in [0.2, 0.25) is 0 Å². The quantitative estimate of drug-likeness (QED) is 0.431. The number of hydrogen-bond donors (Lipinski definition) is 0. The number of rotatable bonds is 8. The minimum Gasteiger partial charge on any atom is -0.464 e. The van der Waals surface area contributed by atoms with E-state index in [1.54, 1.807) is 0 Å². The van der Waals surface area contributed by atoms with Crippen LogP contribution in [-0.2, 0) is 19.3 Å². The van der Waals surface area contributed by atoms with Crippen LogP contribution in [0.3, 0.4) is 0 Å². The third-order valence-electron chi connectivity index (χ3n) is 5.15. The number of benzene rings is 2. The van der Waals surface area contributed by atoms with Crippen molar-refractivity contribution in [3.05, 3.63) is 70.5 Å². The molecule has 1 nitrogen and oxygen atoms in total. The van der Waals surface area contributed by atoms with Crippen molar-refractivity contribution in [3.8, 4) is 0 Å². The van der Waals surface area contributed by atoms with Gasteiger partial charge in [-0.1, -0.05) is 56.5 Å². The highest BCUT2D eigenvalue weighted by Crippen LogP contribution is 2.28. The lowest BCUT2D eigenvalue weighted by Crippen LogP contribution is -2.02. The highest BCUT2D eigenvalue weighted by atomic mass is 16.3. The summed E-state index contributed by atoms with van der Waals surface area (Å²) in [4.78, 5) is 0. The Balaban J connectivity index is 1.99. The summed E-state index contributed by atoms with van der Waals surface area (Å²) in [5.41, 5.74) is 8.20. The second-order valence-corrected chi connectivity index (χ2v) is 7.20. The third-order valence-corrected chi connectivity index (χ3v) is 5.15. The molecule has 0 atom stereocenters. The molecule has 0 aliphatic carbocycles. The summed E-state index contributed by atoms with van der Waals surface area (Å²) in [7, 11) is 0. The van der Waals surface area contributed by atoms with E-state index in [1.165, 1.54) is 71.7 Å². The molecule has 1 heteroatoms. The predicted molar refractivity (Wildman–Crippen MR) is 107 cm³/mol. The van der Waals surface area contributed by atoms with E-state index >= 15 is 0 Å². The molecule has 0 amide bonds. The smallest absolute Gasteiger partial charge is 0.134 e. The first-order valence-electron chi connectivity index (χ1n) is 9.79. The maximum absolute atomic E-state index is 5.82. The fourth-order valence-corrected chi connectivity index (χ4v) is 3.64. The largest absolute Gasteiger partial charge is 0.464 e. The molecule has 3 rings (SSSR count). The Morgan fingerprint density at radius 2 is 1.52 bits per heavy atom. The number of unbranched alkanes of at least 4 members (excludes halogenated alkanes) is 2. The fourth-order valence-electron chi connectivity index (χ4n) is 3.64. The Kier molecular flexibility index (Phi) is 5.96. The van der Waals surface area contributed by atoms with Crippen molar-refractivity contribution in [2.75, 3.05) is 0 Å². The molecular formula is C24H30O. The maximum Gasteiger partial charge on any atom is 0.134 e. The van der Waals surface area contributed by atoms with Crippen LogP contribution in [0.5, 0.6) is 0 Å². The summed E-state index contributed by atoms with van der Waals surface area (Å²) in [6, 6.07) is 13.4. The van der Waals surface area contributed by atoms with Gasteiger partial charge in [-0.3, -0.25) is 0 Å². The highest BCUT2D eigenvalue weighted by molar-refractivity contribution is 5.82. The minimum atomic E-state index is 0.982. The molecule has 0 unspecified atom stereocenters. The molecule has 1 aromatic heterocycles. The molecular weight excluding hydrogens is 304 g/mol. The molecule has 3 aromatic rings. The molecule has 0 N–H and O–H groups in total. The predicted octanol–water partition coefficient (Wildman–Crippen LogP) is 7.02. The average Bonchev–Trinajstić information content (AvgIpc) is 3.01. The Labute approximate surface area is 152 Å². The average molecular weight is 335 g/mol. The molecule has 132 valence electrons. The third kappa shape index (κ3) is 4.15. The molecule has 0 aliphatic rings. The van der Waals surface area contributed by atoms with E-state index in [1.807, 2.05) is 6.26 Å². The molecule has 0 radical (unpaired) electrons. The topological polar surface area (TPSA) is 13.1 Å². The van der Waals surface area contributed by atoms with Gasteiger partial charge in [0.25, 0.3) is 0 Å². The zero-order chi connectivity index (χ0) is 17.6. The van der Waals surface area contributed by atoms with Crippen molar-refractivity contribution < 1.29 is 4.42 Å². The lowest BCUT2D eigenvalue weighted by Gasteiger charge is -2.15. The van der Waals surface area contributed by atoms with E-state index < -0.39 is 0 Å². The van der Waals surface area contributed by atoms with Gasteiger partial charge in [0.1, 0.15) is 5.58 Å². The molecule has 0 saturated heterocycles. The minimum absolute atomic E-state index is 0.982. The van der Waals surface area contributed by atoms with Gasteiger partial charge in [-0.25, -0.2) is 0 Å². The second-order valence-electron chi connectivity index (χ2n) is 7.20. The van der Waals surface area contributed by atoms with Crippen LogP contribution in [0.4, 0.5) is 0 Å². The lowest BCUT2D eigenvalue weighted by atomic mass is 9.90. The van der Waals surface area contributed by atoms with Crippen LogP contribution in [0.15, 0.2) is 47.1 Å². The Morgan fingerprint density at radius 3 is 2.16 bits per heavy atom. The van der Waals surface area contributed by atoms with Gasteiger partial charge in [-0.05, 0) is 61.4 Å². The monoisotopic (exact) mass is 334 g/mol. The van der Waals surface area contributed by atoms with Gasteiger partial charge in [0.05, 0.1) is 6.26 Å². The van der Waals surface area contributed by atoms with Crippen LogP contribution in [0.25, 0.3) is 11.0 Å². The van der Waals surface area contributed by atoms with Crippen molar-refractivity contribution in [1.82, 2.24) is 0 Å². The molecule has 1 heterocycles. The van der Waals surface area contributed by atoms with Gasteiger partial charge in [0.2, 0.25) is 0 Å². The van der Waals surface area contributed by atoms with E-state index in [0.717, 1.165) is 12.0 Å². The van der Waals surface area contributed by atoms with Crippen LogP contribution < -0.4 is 0 Å². The van der Waals surface area contributed by atoms with Gasteiger partial charge in [-0.15, -0.1) is 0 Å². The second kappa shape index (κ2) is 8.38. The fraction of sp³-hybridized carbons (Fsp3) is 0.417. The number of fused-ring (bicyclic) bond motifs is 1. The lowest BCUT2D eigenvalue weighted by molar-refractivity contribution is 0.611. The normalized spacial score (nSPS) is 11.3. The Morgan fingerprint density at radius 1 is 0.840 bits per heavy atom. The van der Waals surface area contributed by atoms with Crippen LogP contribution in [-0.4, -0.2) is 0 Å². The molecule has 0 fully saturated rings. The van der Waals surface area contributed by atoms with Crippen LogP contribution in [0, 0.1) is 6.92 Å². The molecule has 25 heavy (non-hydrogen) atoms. The van der Waals surface area contributed by atoms with Gasteiger partial charge >= 0.3 is 0 Å². The van der Waals surface area contributed by atoms with Crippen LogP contribution >= 0.6 is 0 Å². The summed E-state index contributed by atoms with van der Waals surface area (Å²) < 4.78 is 5.82. The molecule has 2 aromatic carbocycles. The van der Waals surface area contributed by atoms with E-state index in [2.05, 4.69) is 57.2 Å². The zero-order valence-corrected chi connectivity index (χ0v) is 15.9. The number of aryl methyl sites for hydroxylation is 3. The van der Waals surface area contributed by atoms with E-state index in [4.69, 9.17) is 4.42 Å². The van der Waals surface area contributed by atoms with Crippen molar-refractivity contribution >= 4 is 11.0 Å². The summed E-state index contributed by atoms with van der Waals surface area (Å²) in [6.07, 6.45) is 10.3. The Bertz CT molecular complexity index is 799. The molecule has 0 saturated carbocycles. The first kappa shape index (κ1) is 17.8. The summed E-state index contributed by atoms with van der Waals surface area (Å²) in [5, 5.41) is 1.27. The van der Waals surface area contributed by atoms with Gasteiger partial charge in [0.15, 0.2) is 0 Å². The van der Waals surface area contributed by atoms with Crippen LogP contribution in [0.1, 0.15) is 67.3 Å². The maximum atomic E-state index is 5.82. The standard InChI is InChI=1S/C24H30O/c1-4-6-9-19-11-8-12-20(10-7-5-2)22(19)16-21-17-25-24-14-13-18(3)15-23(21)24/h8,11-15,17H,4-7,9-10,16H2,1-3H3. The van der Waals surface area contributed by atoms with Crippen molar-refractivity contribution in [2.45, 2.75) is 65.7 Å². The number of hydrogen-bond acceptors (Lipinski definition) is 1. The zero-order valence-electron chi connectivity index (χ0n) is 15.9. The summed E-state index contributed by atoms with van der Waals surface area (Å²) in [6.45, 7) is 6.69.